The van der Waals surface area contributed by atoms with E-state index < -0.39 is 0 Å². The third-order valence-corrected chi connectivity index (χ3v) is 2.70. The number of nitrogens with one attached hydrogen (secondary N) is 3. The molecule has 1 aliphatic heterocycles. The lowest BCUT2D eigenvalue weighted by Crippen LogP contribution is -2.46. The molecule has 3 amide bonds. The lowest BCUT2D eigenvalue weighted by molar-refractivity contribution is -0.125. The van der Waals surface area contributed by atoms with Crippen LogP contribution in [0.2, 0.25) is 0 Å². The van der Waals surface area contributed by atoms with Gasteiger partial charge in [-0.05, 0) is 20.8 Å². The summed E-state index contributed by atoms with van der Waals surface area (Å²) in [5, 5.41) is 8.21. The number of carbonyl (C=O) groups is 3. The molecule has 6 nitrogen and oxygen atoms in total. The molecular formula is C12H21N3O3. The van der Waals surface area contributed by atoms with Crippen molar-refractivity contribution in [1.29, 1.82) is 0 Å². The summed E-state index contributed by atoms with van der Waals surface area (Å²) < 4.78 is 0. The molecule has 0 spiro atoms. The summed E-state index contributed by atoms with van der Waals surface area (Å²) in [6.45, 7) is 5.37. The highest BCUT2D eigenvalue weighted by molar-refractivity contribution is 5.83. The normalized spacial score (nSPS) is 31.5. The minimum Gasteiger partial charge on any atom is -0.353 e. The Morgan fingerprint density at radius 1 is 0.667 bits per heavy atom. The summed E-state index contributed by atoms with van der Waals surface area (Å²) in [6.07, 6.45) is 0.685. The number of rotatable bonds is 0. The third-order valence-electron chi connectivity index (χ3n) is 2.70. The molecular weight excluding hydrogens is 234 g/mol. The van der Waals surface area contributed by atoms with Crippen molar-refractivity contribution in [2.75, 3.05) is 0 Å². The summed E-state index contributed by atoms with van der Waals surface area (Å²) >= 11 is 0. The summed E-state index contributed by atoms with van der Waals surface area (Å²) in [7, 11) is 0. The molecule has 1 heterocycles. The number of hydrogen-bond acceptors (Lipinski definition) is 3. The van der Waals surface area contributed by atoms with Gasteiger partial charge in [0, 0.05) is 37.4 Å². The molecule has 0 radical (unpaired) electrons. The molecule has 1 rings (SSSR count). The minimum absolute atomic E-state index is 0.156. The summed E-state index contributed by atoms with van der Waals surface area (Å²) in [6, 6.07) is -0.605. The molecule has 1 saturated heterocycles. The molecule has 0 aromatic rings. The molecule has 3 N–H and O–H groups in total. The van der Waals surface area contributed by atoms with Crippen molar-refractivity contribution in [2.45, 2.75) is 58.2 Å². The molecule has 1 aliphatic rings. The molecule has 102 valence electrons. The van der Waals surface area contributed by atoms with Gasteiger partial charge in [0.1, 0.15) is 0 Å². The number of amides is 3. The van der Waals surface area contributed by atoms with Crippen LogP contribution in [0.25, 0.3) is 0 Å². The van der Waals surface area contributed by atoms with Gasteiger partial charge in [0.05, 0.1) is 0 Å². The van der Waals surface area contributed by atoms with E-state index in [0.29, 0.717) is 0 Å². The van der Waals surface area contributed by atoms with Gasteiger partial charge in [0.2, 0.25) is 17.7 Å². The van der Waals surface area contributed by atoms with Gasteiger partial charge in [-0.3, -0.25) is 14.4 Å². The third kappa shape index (κ3) is 5.16. The number of carbonyl (C=O) groups excluding carboxylic acids is 3. The zero-order chi connectivity index (χ0) is 13.7. The van der Waals surface area contributed by atoms with Crippen LogP contribution in [-0.4, -0.2) is 35.8 Å². The fourth-order valence-corrected chi connectivity index (χ4v) is 1.99. The quantitative estimate of drug-likeness (QED) is 0.554. The Balaban J connectivity index is 2.69. The molecule has 0 aliphatic carbocycles. The Morgan fingerprint density at radius 2 is 0.889 bits per heavy atom. The van der Waals surface area contributed by atoms with E-state index in [4.69, 9.17) is 0 Å². The second kappa shape index (κ2) is 6.37. The van der Waals surface area contributed by atoms with E-state index in [9.17, 15) is 14.4 Å². The SMILES string of the molecule is C[C@H]1CC(=O)N[C@@H](C)CC(=O)N[C@@H](C)CC(=O)N1. The fourth-order valence-electron chi connectivity index (χ4n) is 1.99. The molecule has 1 fully saturated rings. The Morgan fingerprint density at radius 3 is 1.11 bits per heavy atom. The van der Waals surface area contributed by atoms with Crippen molar-refractivity contribution in [1.82, 2.24) is 16.0 Å². The predicted octanol–water partition coefficient (Wildman–Crippen LogP) is -0.316. The highest BCUT2D eigenvalue weighted by atomic mass is 16.2. The van der Waals surface area contributed by atoms with Crippen LogP contribution in [0.15, 0.2) is 0 Å². The minimum atomic E-state index is -0.202. The van der Waals surface area contributed by atoms with E-state index in [2.05, 4.69) is 16.0 Å². The van der Waals surface area contributed by atoms with E-state index in [1.165, 1.54) is 0 Å². The highest BCUT2D eigenvalue weighted by Gasteiger charge is 2.19. The first-order valence-electron chi connectivity index (χ1n) is 6.25. The van der Waals surface area contributed by atoms with E-state index in [1.807, 2.05) is 0 Å². The first-order chi connectivity index (χ1) is 8.36. The molecule has 6 heteroatoms. The van der Waals surface area contributed by atoms with Crippen LogP contribution in [0, 0.1) is 0 Å². The largest absolute Gasteiger partial charge is 0.353 e. The van der Waals surface area contributed by atoms with Gasteiger partial charge in [-0.25, -0.2) is 0 Å². The molecule has 3 atom stereocenters. The van der Waals surface area contributed by atoms with Crippen LogP contribution in [0.1, 0.15) is 40.0 Å². The molecule has 0 unspecified atom stereocenters. The van der Waals surface area contributed by atoms with Gasteiger partial charge in [-0.1, -0.05) is 0 Å². The van der Waals surface area contributed by atoms with Crippen molar-refractivity contribution < 1.29 is 14.4 Å². The summed E-state index contributed by atoms with van der Waals surface area (Å²) in [5.41, 5.74) is 0. The monoisotopic (exact) mass is 255 g/mol. The lowest BCUT2D eigenvalue weighted by atomic mass is 10.1. The Labute approximate surface area is 107 Å². The Kier molecular flexibility index (Phi) is 5.12. The van der Waals surface area contributed by atoms with E-state index >= 15 is 0 Å². The molecule has 0 bridgehead atoms. The van der Waals surface area contributed by atoms with E-state index in [0.717, 1.165) is 0 Å². The van der Waals surface area contributed by atoms with Crippen molar-refractivity contribution in [3.05, 3.63) is 0 Å². The van der Waals surface area contributed by atoms with E-state index in [1.54, 1.807) is 20.8 Å². The standard InChI is InChI=1S/C12H21N3O3/c1-7-4-10(16)14-9(3)6-12(18)15-8(2)5-11(17)13-7/h7-9H,4-6H2,1-3H3,(H,13,17)(H,14,16)(H,15,18)/t7-,8-,9-/m0/s1. The molecule has 0 aromatic heterocycles. The van der Waals surface area contributed by atoms with Crippen molar-refractivity contribution in [3.8, 4) is 0 Å². The van der Waals surface area contributed by atoms with Gasteiger partial charge >= 0.3 is 0 Å². The predicted molar refractivity (Wildman–Crippen MR) is 66.7 cm³/mol. The first-order valence-corrected chi connectivity index (χ1v) is 6.25. The maximum atomic E-state index is 11.6. The molecule has 0 saturated carbocycles. The Bertz CT molecular complexity index is 267. The average Bonchev–Trinajstić information content (AvgIpc) is 2.12. The van der Waals surface area contributed by atoms with Gasteiger partial charge < -0.3 is 16.0 Å². The maximum absolute atomic E-state index is 11.6. The first kappa shape index (κ1) is 14.5. The van der Waals surface area contributed by atoms with Gasteiger partial charge in [-0.15, -0.1) is 0 Å². The zero-order valence-corrected chi connectivity index (χ0v) is 11.1. The van der Waals surface area contributed by atoms with Crippen LogP contribution < -0.4 is 16.0 Å². The van der Waals surface area contributed by atoms with Crippen molar-refractivity contribution in [2.24, 2.45) is 0 Å². The molecule has 18 heavy (non-hydrogen) atoms. The Hall–Kier alpha value is -1.59. The fraction of sp³-hybridized carbons (Fsp3) is 0.750. The smallest absolute Gasteiger partial charge is 0.222 e. The zero-order valence-electron chi connectivity index (χ0n) is 11.1. The summed E-state index contributed by atoms with van der Waals surface area (Å²) in [4.78, 5) is 34.8. The summed E-state index contributed by atoms with van der Waals surface area (Å²) in [5.74, 6) is -0.467. The van der Waals surface area contributed by atoms with Gasteiger partial charge in [0.15, 0.2) is 0 Å². The topological polar surface area (TPSA) is 87.3 Å². The highest BCUT2D eigenvalue weighted by Crippen LogP contribution is 2.00. The number of hydrogen-bond donors (Lipinski definition) is 3. The van der Waals surface area contributed by atoms with Gasteiger partial charge in [-0.2, -0.15) is 0 Å². The van der Waals surface area contributed by atoms with Crippen molar-refractivity contribution in [3.63, 3.8) is 0 Å². The van der Waals surface area contributed by atoms with Crippen molar-refractivity contribution >= 4 is 17.7 Å². The average molecular weight is 255 g/mol. The van der Waals surface area contributed by atoms with Crippen LogP contribution >= 0.6 is 0 Å². The van der Waals surface area contributed by atoms with Crippen LogP contribution in [0.4, 0.5) is 0 Å². The second-order valence-corrected chi connectivity index (χ2v) is 5.02. The van der Waals surface area contributed by atoms with Crippen LogP contribution in [-0.2, 0) is 14.4 Å². The van der Waals surface area contributed by atoms with Crippen LogP contribution in [0.3, 0.4) is 0 Å². The molecule has 0 aromatic carbocycles. The van der Waals surface area contributed by atoms with Gasteiger partial charge in [0.25, 0.3) is 0 Å². The van der Waals surface area contributed by atoms with Crippen LogP contribution in [0.5, 0.6) is 0 Å². The maximum Gasteiger partial charge on any atom is 0.222 e. The lowest BCUT2D eigenvalue weighted by Gasteiger charge is -2.21. The van der Waals surface area contributed by atoms with E-state index in [-0.39, 0.29) is 55.1 Å². The second-order valence-electron chi connectivity index (χ2n) is 5.02.